The number of hydrogen-bond acceptors (Lipinski definition) is 1. The van der Waals surface area contributed by atoms with Crippen molar-refractivity contribution in [1.82, 2.24) is 0 Å². The van der Waals surface area contributed by atoms with E-state index in [2.05, 4.69) is 4.74 Å². The first kappa shape index (κ1) is 29.8. The van der Waals surface area contributed by atoms with E-state index in [1.165, 1.54) is 6.92 Å². The van der Waals surface area contributed by atoms with Crippen LogP contribution in [0.1, 0.15) is 16.7 Å². The Hall–Kier alpha value is -4.73. The molecule has 1 nitrogen and oxygen atoms in total. The monoisotopic (exact) mass is 602 g/mol. The fraction of sp³-hybridized carbons (Fsp3) is 0.0909. The first-order valence-corrected chi connectivity index (χ1v) is 12.6. The smallest absolute Gasteiger partial charge is 0.429 e. The van der Waals surface area contributed by atoms with E-state index in [0.717, 1.165) is 29.8 Å². The third kappa shape index (κ3) is 5.82. The molecule has 0 N–H and O–H groups in total. The molecule has 220 valence electrons. The number of ether oxygens (including phenoxy) is 1. The van der Waals surface area contributed by atoms with Crippen LogP contribution >= 0.6 is 0 Å². The van der Waals surface area contributed by atoms with Crippen LogP contribution in [0.4, 0.5) is 39.5 Å². The topological polar surface area (TPSA) is 9.23 Å². The van der Waals surface area contributed by atoms with Gasteiger partial charge in [0.15, 0.2) is 0 Å². The van der Waals surface area contributed by atoms with Crippen LogP contribution in [0, 0.1) is 54.6 Å². The quantitative estimate of drug-likeness (QED) is 0.176. The van der Waals surface area contributed by atoms with Gasteiger partial charge < -0.3 is 4.74 Å². The summed E-state index contributed by atoms with van der Waals surface area (Å²) in [7, 11) is 0. The Morgan fingerprint density at radius 2 is 0.907 bits per heavy atom. The molecule has 5 aromatic carbocycles. The summed E-state index contributed by atoms with van der Waals surface area (Å²) in [4.78, 5) is 0. The van der Waals surface area contributed by atoms with Gasteiger partial charge in [0.1, 0.15) is 52.0 Å². The molecule has 0 aliphatic heterocycles. The van der Waals surface area contributed by atoms with Gasteiger partial charge in [-0.05, 0) is 84.1 Å². The molecule has 0 radical (unpaired) electrons. The van der Waals surface area contributed by atoms with E-state index >= 15 is 17.6 Å². The summed E-state index contributed by atoms with van der Waals surface area (Å²) in [6.07, 6.45) is -4.64. The summed E-state index contributed by atoms with van der Waals surface area (Å²) in [5, 5.41) is 0. The van der Waals surface area contributed by atoms with Gasteiger partial charge in [0, 0.05) is 6.07 Å². The summed E-state index contributed by atoms with van der Waals surface area (Å²) in [6.45, 7) is 3.19. The van der Waals surface area contributed by atoms with Gasteiger partial charge in [-0.15, -0.1) is 0 Å². The zero-order valence-corrected chi connectivity index (χ0v) is 22.3. The van der Waals surface area contributed by atoms with Gasteiger partial charge in [-0.1, -0.05) is 35.9 Å². The molecule has 5 aromatic rings. The molecule has 0 unspecified atom stereocenters. The molecule has 0 amide bonds. The molecule has 0 aromatic heterocycles. The van der Waals surface area contributed by atoms with Crippen LogP contribution in [0.25, 0.3) is 33.4 Å². The average molecular weight is 602 g/mol. The van der Waals surface area contributed by atoms with Crippen molar-refractivity contribution in [3.8, 4) is 39.1 Å². The van der Waals surface area contributed by atoms with Gasteiger partial charge >= 0.3 is 6.11 Å². The lowest BCUT2D eigenvalue weighted by molar-refractivity contribution is -0.189. The zero-order chi connectivity index (χ0) is 31.2. The van der Waals surface area contributed by atoms with Crippen molar-refractivity contribution in [2.75, 3.05) is 0 Å². The molecule has 0 aliphatic carbocycles. The fourth-order valence-corrected chi connectivity index (χ4v) is 4.59. The standard InChI is InChI=1S/C33H19F9O/c1-16-3-6-18(7-4-16)19-9-24(35)30(25(36)10-19)20-11-26(37)31(27(38)12-20)21-13-28(39)32(29(40)14-21)33(41,42)43-22-8-5-17(2)23(34)15-22/h3-15H,1-2H3. The molecule has 0 heterocycles. The largest absolute Gasteiger partial charge is 0.432 e. The normalized spacial score (nSPS) is 11.6. The number of alkyl halides is 2. The van der Waals surface area contributed by atoms with E-state index in [-0.39, 0.29) is 23.3 Å². The lowest BCUT2D eigenvalue weighted by Gasteiger charge is -2.20. The lowest BCUT2D eigenvalue weighted by Crippen LogP contribution is -2.25. The summed E-state index contributed by atoms with van der Waals surface area (Å²) in [5.74, 6) is -10.7. The SMILES string of the molecule is Cc1ccc(-c2cc(F)c(-c3cc(F)c(-c4cc(F)c(C(F)(F)Oc5ccc(C)c(F)c5)c(F)c4)c(F)c3)c(F)c2)cc1. The minimum Gasteiger partial charge on any atom is -0.429 e. The Bertz CT molecular complexity index is 1800. The zero-order valence-electron chi connectivity index (χ0n) is 22.3. The van der Waals surface area contributed by atoms with Crippen molar-refractivity contribution in [3.05, 3.63) is 136 Å². The van der Waals surface area contributed by atoms with Crippen LogP contribution in [0.5, 0.6) is 5.75 Å². The lowest BCUT2D eigenvalue weighted by atomic mass is 9.95. The second kappa shape index (κ2) is 11.2. The van der Waals surface area contributed by atoms with E-state index in [1.807, 2.05) is 6.92 Å². The fourth-order valence-electron chi connectivity index (χ4n) is 4.59. The van der Waals surface area contributed by atoms with Crippen LogP contribution in [-0.4, -0.2) is 0 Å². The second-order valence-corrected chi connectivity index (χ2v) is 9.84. The molecule has 0 bridgehead atoms. The summed E-state index contributed by atoms with van der Waals surface area (Å²) >= 11 is 0. The van der Waals surface area contributed by atoms with E-state index < -0.39 is 80.4 Å². The predicted octanol–water partition coefficient (Wildman–Crippen LogP) is 10.4. The van der Waals surface area contributed by atoms with Gasteiger partial charge in [0.2, 0.25) is 0 Å². The van der Waals surface area contributed by atoms with Crippen molar-refractivity contribution >= 4 is 0 Å². The van der Waals surface area contributed by atoms with Crippen LogP contribution in [0.15, 0.2) is 78.9 Å². The molecule has 0 spiro atoms. The molecule has 0 saturated carbocycles. The highest BCUT2D eigenvalue weighted by molar-refractivity contribution is 5.75. The van der Waals surface area contributed by atoms with Gasteiger partial charge in [-0.3, -0.25) is 0 Å². The van der Waals surface area contributed by atoms with Crippen LogP contribution < -0.4 is 4.74 Å². The van der Waals surface area contributed by atoms with Crippen molar-refractivity contribution in [2.45, 2.75) is 20.0 Å². The van der Waals surface area contributed by atoms with Crippen LogP contribution in [-0.2, 0) is 6.11 Å². The minimum absolute atomic E-state index is 0.109. The maximum Gasteiger partial charge on any atom is 0.432 e. The number of aryl methyl sites for hydroxylation is 2. The van der Waals surface area contributed by atoms with E-state index in [9.17, 15) is 22.0 Å². The Morgan fingerprint density at radius 3 is 1.37 bits per heavy atom. The summed E-state index contributed by atoms with van der Waals surface area (Å²) in [5.41, 5.74) is -3.33. The average Bonchev–Trinajstić information content (AvgIpc) is 2.89. The highest BCUT2D eigenvalue weighted by Crippen LogP contribution is 2.40. The van der Waals surface area contributed by atoms with Crippen molar-refractivity contribution in [2.24, 2.45) is 0 Å². The van der Waals surface area contributed by atoms with Gasteiger partial charge in [0.05, 0.1) is 11.1 Å². The molecular formula is C33H19F9O. The maximum atomic E-state index is 15.1. The summed E-state index contributed by atoms with van der Waals surface area (Å²) in [6, 6.07) is 13.0. The van der Waals surface area contributed by atoms with Crippen LogP contribution in [0.2, 0.25) is 0 Å². The van der Waals surface area contributed by atoms with E-state index in [0.29, 0.717) is 23.8 Å². The Labute approximate surface area is 239 Å². The minimum atomic E-state index is -4.64. The first-order chi connectivity index (χ1) is 20.2. The summed E-state index contributed by atoms with van der Waals surface area (Å²) < 4.78 is 137. The predicted molar refractivity (Wildman–Crippen MR) is 143 cm³/mol. The molecule has 10 heteroatoms. The third-order valence-electron chi connectivity index (χ3n) is 6.77. The number of benzene rings is 5. The maximum absolute atomic E-state index is 15.1. The molecular weight excluding hydrogens is 583 g/mol. The van der Waals surface area contributed by atoms with Crippen molar-refractivity contribution < 1.29 is 44.3 Å². The van der Waals surface area contributed by atoms with Gasteiger partial charge in [-0.2, -0.15) is 8.78 Å². The highest BCUT2D eigenvalue weighted by atomic mass is 19.3. The molecule has 0 fully saturated rings. The second-order valence-electron chi connectivity index (χ2n) is 9.84. The molecule has 0 saturated heterocycles. The Morgan fingerprint density at radius 1 is 0.465 bits per heavy atom. The number of rotatable bonds is 6. The molecule has 0 aliphatic rings. The highest BCUT2D eigenvalue weighted by Gasteiger charge is 2.41. The third-order valence-corrected chi connectivity index (χ3v) is 6.77. The van der Waals surface area contributed by atoms with Crippen molar-refractivity contribution in [3.63, 3.8) is 0 Å². The molecule has 0 atom stereocenters. The van der Waals surface area contributed by atoms with E-state index in [4.69, 9.17) is 0 Å². The van der Waals surface area contributed by atoms with Crippen LogP contribution in [0.3, 0.4) is 0 Å². The Kier molecular flexibility index (Phi) is 7.72. The van der Waals surface area contributed by atoms with Gasteiger partial charge in [0.25, 0.3) is 0 Å². The number of hydrogen-bond donors (Lipinski definition) is 0. The Balaban J connectivity index is 1.50. The van der Waals surface area contributed by atoms with E-state index in [1.54, 1.807) is 24.3 Å². The van der Waals surface area contributed by atoms with Crippen molar-refractivity contribution in [1.29, 1.82) is 0 Å². The number of halogens is 9. The molecule has 43 heavy (non-hydrogen) atoms. The van der Waals surface area contributed by atoms with Gasteiger partial charge in [-0.25, -0.2) is 30.7 Å². The molecule has 5 rings (SSSR count). The first-order valence-electron chi connectivity index (χ1n) is 12.6.